The van der Waals surface area contributed by atoms with Gasteiger partial charge in [0.2, 0.25) is 0 Å². The molecule has 1 aromatic heterocycles. The van der Waals surface area contributed by atoms with Crippen LogP contribution in [0.3, 0.4) is 0 Å². The standard InChI is InChI=1S/C9H6FNO2/c10-7-3-1-2-6(4-7)8-5-13-11-9(8)12/h1-5H,(H,11,12). The highest BCUT2D eigenvalue weighted by Crippen LogP contribution is 2.15. The molecule has 0 amide bonds. The van der Waals surface area contributed by atoms with Gasteiger partial charge < -0.3 is 4.52 Å². The molecule has 66 valence electrons. The molecule has 0 saturated carbocycles. The summed E-state index contributed by atoms with van der Waals surface area (Å²) in [5.41, 5.74) is 0.486. The minimum absolute atomic E-state index is 0.333. The molecule has 0 bridgehead atoms. The normalized spacial score (nSPS) is 10.2. The third-order valence-corrected chi connectivity index (χ3v) is 1.71. The number of hydrogen-bond acceptors (Lipinski definition) is 2. The summed E-state index contributed by atoms with van der Waals surface area (Å²) < 4.78 is 17.3. The molecular weight excluding hydrogens is 173 g/mol. The molecule has 0 atom stereocenters. The van der Waals surface area contributed by atoms with Crippen LogP contribution >= 0.6 is 0 Å². The van der Waals surface area contributed by atoms with Gasteiger partial charge in [-0.1, -0.05) is 12.1 Å². The SMILES string of the molecule is O=c1[nH]occ1-c1cccc(F)c1. The van der Waals surface area contributed by atoms with E-state index in [0.29, 0.717) is 11.1 Å². The number of H-pyrrole nitrogens is 1. The summed E-state index contributed by atoms with van der Waals surface area (Å²) in [7, 11) is 0. The van der Waals surface area contributed by atoms with Crippen molar-refractivity contribution in [3.05, 3.63) is 46.7 Å². The van der Waals surface area contributed by atoms with Gasteiger partial charge in [-0.15, -0.1) is 0 Å². The molecule has 2 aromatic rings. The van der Waals surface area contributed by atoms with E-state index in [9.17, 15) is 9.18 Å². The van der Waals surface area contributed by atoms with E-state index in [1.54, 1.807) is 6.07 Å². The van der Waals surface area contributed by atoms with E-state index >= 15 is 0 Å². The van der Waals surface area contributed by atoms with E-state index < -0.39 is 0 Å². The summed E-state index contributed by atoms with van der Waals surface area (Å²) in [6, 6.07) is 5.78. The maximum atomic E-state index is 12.7. The smallest absolute Gasteiger partial charge is 0.287 e. The molecular formula is C9H6FNO2. The zero-order valence-electron chi connectivity index (χ0n) is 6.58. The Labute approximate surface area is 72.8 Å². The van der Waals surface area contributed by atoms with Crippen LogP contribution in [0, 0.1) is 5.82 Å². The first-order chi connectivity index (χ1) is 6.27. The van der Waals surface area contributed by atoms with Crippen LogP contribution in [0.4, 0.5) is 4.39 Å². The van der Waals surface area contributed by atoms with Crippen molar-refractivity contribution >= 4 is 0 Å². The summed E-state index contributed by atoms with van der Waals surface area (Å²) in [6.45, 7) is 0. The van der Waals surface area contributed by atoms with Crippen LogP contribution < -0.4 is 5.56 Å². The molecule has 2 rings (SSSR count). The highest BCUT2D eigenvalue weighted by molar-refractivity contribution is 5.60. The van der Waals surface area contributed by atoms with E-state index in [0.717, 1.165) is 0 Å². The molecule has 13 heavy (non-hydrogen) atoms. The molecule has 1 heterocycles. The Kier molecular flexibility index (Phi) is 1.73. The van der Waals surface area contributed by atoms with E-state index in [4.69, 9.17) is 0 Å². The topological polar surface area (TPSA) is 46.0 Å². The number of nitrogens with one attached hydrogen (secondary N) is 1. The fourth-order valence-electron chi connectivity index (χ4n) is 1.11. The molecule has 1 aromatic carbocycles. The van der Waals surface area contributed by atoms with Crippen molar-refractivity contribution < 1.29 is 8.91 Å². The van der Waals surface area contributed by atoms with Gasteiger partial charge in [0.1, 0.15) is 12.1 Å². The molecule has 3 nitrogen and oxygen atoms in total. The summed E-state index contributed by atoms with van der Waals surface area (Å²) in [5, 5.41) is 2.13. The third-order valence-electron chi connectivity index (χ3n) is 1.71. The minimum atomic E-state index is -0.377. The van der Waals surface area contributed by atoms with Gasteiger partial charge in [-0.3, -0.25) is 4.79 Å². The monoisotopic (exact) mass is 179 g/mol. The van der Waals surface area contributed by atoms with Crippen molar-refractivity contribution in [3.8, 4) is 11.1 Å². The molecule has 0 aliphatic rings. The van der Waals surface area contributed by atoms with Gasteiger partial charge in [-0.2, -0.15) is 5.16 Å². The molecule has 0 fully saturated rings. The van der Waals surface area contributed by atoms with Gasteiger partial charge in [-0.25, -0.2) is 4.39 Å². The second-order valence-electron chi connectivity index (χ2n) is 2.59. The first-order valence-corrected chi connectivity index (χ1v) is 3.69. The van der Waals surface area contributed by atoms with Gasteiger partial charge in [0.25, 0.3) is 5.56 Å². The lowest BCUT2D eigenvalue weighted by Crippen LogP contribution is -2.00. The van der Waals surface area contributed by atoms with E-state index in [1.165, 1.54) is 24.5 Å². The Morgan fingerprint density at radius 2 is 2.23 bits per heavy atom. The van der Waals surface area contributed by atoms with Crippen LogP contribution in [-0.4, -0.2) is 5.16 Å². The lowest BCUT2D eigenvalue weighted by atomic mass is 10.1. The highest BCUT2D eigenvalue weighted by atomic mass is 19.1. The Bertz CT molecular complexity index is 472. The number of hydrogen-bond donors (Lipinski definition) is 1. The average Bonchev–Trinajstić information content (AvgIpc) is 2.51. The molecule has 0 aliphatic heterocycles. The Hall–Kier alpha value is -1.84. The summed E-state index contributed by atoms with van der Waals surface area (Å²) in [5.74, 6) is -0.377. The third kappa shape index (κ3) is 1.38. The lowest BCUT2D eigenvalue weighted by molar-refractivity contribution is 0.414. The number of aromatic amines is 1. The van der Waals surface area contributed by atoms with Crippen LogP contribution in [-0.2, 0) is 0 Å². The van der Waals surface area contributed by atoms with Crippen molar-refractivity contribution in [1.29, 1.82) is 0 Å². The molecule has 0 saturated heterocycles. The molecule has 4 heteroatoms. The van der Waals surface area contributed by atoms with Gasteiger partial charge >= 0.3 is 0 Å². The second kappa shape index (κ2) is 2.90. The van der Waals surface area contributed by atoms with Gasteiger partial charge in [0, 0.05) is 0 Å². The van der Waals surface area contributed by atoms with E-state index in [1.807, 2.05) is 0 Å². The fourth-order valence-corrected chi connectivity index (χ4v) is 1.11. The van der Waals surface area contributed by atoms with Gasteiger partial charge in [0.05, 0.1) is 5.56 Å². The number of rotatable bonds is 1. The molecule has 0 radical (unpaired) electrons. The number of halogens is 1. The lowest BCUT2D eigenvalue weighted by Gasteiger charge is -1.93. The van der Waals surface area contributed by atoms with E-state index in [2.05, 4.69) is 9.68 Å². The Balaban J connectivity index is 2.59. The zero-order valence-corrected chi connectivity index (χ0v) is 6.58. The summed E-state index contributed by atoms with van der Waals surface area (Å²) in [4.78, 5) is 11.1. The Morgan fingerprint density at radius 3 is 2.85 bits per heavy atom. The summed E-state index contributed by atoms with van der Waals surface area (Å²) in [6.07, 6.45) is 1.26. The van der Waals surface area contributed by atoms with Crippen LogP contribution in [0.15, 0.2) is 39.8 Å². The summed E-state index contributed by atoms with van der Waals surface area (Å²) >= 11 is 0. The molecule has 1 N–H and O–H groups in total. The van der Waals surface area contributed by atoms with Crippen LogP contribution in [0.1, 0.15) is 0 Å². The van der Waals surface area contributed by atoms with Crippen molar-refractivity contribution in [3.63, 3.8) is 0 Å². The van der Waals surface area contributed by atoms with Crippen LogP contribution in [0.25, 0.3) is 11.1 Å². The average molecular weight is 179 g/mol. The number of benzene rings is 1. The second-order valence-corrected chi connectivity index (χ2v) is 2.59. The van der Waals surface area contributed by atoms with Crippen molar-refractivity contribution in [2.45, 2.75) is 0 Å². The molecule has 0 aliphatic carbocycles. The van der Waals surface area contributed by atoms with Crippen LogP contribution in [0.2, 0.25) is 0 Å². The van der Waals surface area contributed by atoms with Gasteiger partial charge in [-0.05, 0) is 17.7 Å². The maximum Gasteiger partial charge on any atom is 0.287 e. The predicted molar refractivity (Wildman–Crippen MR) is 44.7 cm³/mol. The molecule has 0 unspecified atom stereocenters. The fraction of sp³-hybridized carbons (Fsp3) is 0. The highest BCUT2D eigenvalue weighted by Gasteiger charge is 2.05. The first kappa shape index (κ1) is 7.79. The van der Waals surface area contributed by atoms with E-state index in [-0.39, 0.29) is 11.4 Å². The van der Waals surface area contributed by atoms with Crippen molar-refractivity contribution in [1.82, 2.24) is 5.16 Å². The van der Waals surface area contributed by atoms with Crippen molar-refractivity contribution in [2.24, 2.45) is 0 Å². The number of aromatic nitrogens is 1. The van der Waals surface area contributed by atoms with Gasteiger partial charge in [0.15, 0.2) is 0 Å². The minimum Gasteiger partial charge on any atom is -0.386 e. The quantitative estimate of drug-likeness (QED) is 0.725. The zero-order chi connectivity index (χ0) is 9.26. The first-order valence-electron chi connectivity index (χ1n) is 3.69. The largest absolute Gasteiger partial charge is 0.386 e. The maximum absolute atomic E-state index is 12.7. The van der Waals surface area contributed by atoms with Crippen LogP contribution in [0.5, 0.6) is 0 Å². The van der Waals surface area contributed by atoms with Crippen molar-refractivity contribution in [2.75, 3.05) is 0 Å². The predicted octanol–water partition coefficient (Wildman–Crippen LogP) is 1.77. The Morgan fingerprint density at radius 1 is 1.38 bits per heavy atom. The molecule has 0 spiro atoms.